The van der Waals surface area contributed by atoms with Crippen LogP contribution >= 0.6 is 0 Å². The van der Waals surface area contributed by atoms with Gasteiger partial charge in [0.15, 0.2) is 0 Å². The Labute approximate surface area is 99.8 Å². The van der Waals surface area contributed by atoms with Crippen molar-refractivity contribution in [1.29, 1.82) is 0 Å². The molecular formula is C14H27NO. The van der Waals surface area contributed by atoms with Crippen LogP contribution in [0.3, 0.4) is 0 Å². The smallest absolute Gasteiger partial charge is 0.0667 e. The average molecular weight is 225 g/mol. The van der Waals surface area contributed by atoms with E-state index in [1.54, 1.807) is 0 Å². The fourth-order valence-corrected chi connectivity index (χ4v) is 3.45. The number of aliphatic hydroxyl groups is 1. The second kappa shape index (κ2) is 6.02. The molecule has 0 spiro atoms. The van der Waals surface area contributed by atoms with Gasteiger partial charge in [0.05, 0.1) is 6.10 Å². The van der Waals surface area contributed by atoms with Crippen LogP contribution in [0.25, 0.3) is 0 Å². The van der Waals surface area contributed by atoms with Crippen LogP contribution in [0.4, 0.5) is 0 Å². The maximum absolute atomic E-state index is 9.99. The van der Waals surface area contributed by atoms with Gasteiger partial charge in [-0.05, 0) is 31.1 Å². The molecule has 0 amide bonds. The molecule has 0 aromatic carbocycles. The third-order valence-electron chi connectivity index (χ3n) is 4.56. The minimum atomic E-state index is -0.115. The fraction of sp³-hybridized carbons (Fsp3) is 1.00. The first-order chi connectivity index (χ1) is 7.75. The Balaban J connectivity index is 1.61. The molecule has 0 heterocycles. The van der Waals surface area contributed by atoms with Gasteiger partial charge >= 0.3 is 0 Å². The summed E-state index contributed by atoms with van der Waals surface area (Å²) in [5.41, 5.74) is 0. The van der Waals surface area contributed by atoms with Gasteiger partial charge in [0, 0.05) is 12.6 Å². The summed E-state index contributed by atoms with van der Waals surface area (Å²) in [5, 5.41) is 13.5. The van der Waals surface area contributed by atoms with E-state index in [1.165, 1.54) is 44.9 Å². The highest BCUT2D eigenvalue weighted by molar-refractivity contribution is 4.81. The second-order valence-corrected chi connectivity index (χ2v) is 5.96. The Hall–Kier alpha value is -0.0800. The van der Waals surface area contributed by atoms with E-state index in [-0.39, 0.29) is 6.10 Å². The van der Waals surface area contributed by atoms with Crippen LogP contribution in [0.1, 0.15) is 58.3 Å². The number of hydrogen-bond donors (Lipinski definition) is 2. The predicted octanol–water partition coefficient (Wildman–Crippen LogP) is 2.71. The Morgan fingerprint density at radius 2 is 1.88 bits per heavy atom. The zero-order valence-corrected chi connectivity index (χ0v) is 10.6. The molecule has 2 rings (SSSR count). The van der Waals surface area contributed by atoms with E-state index in [4.69, 9.17) is 0 Å². The van der Waals surface area contributed by atoms with Gasteiger partial charge in [-0.3, -0.25) is 0 Å². The largest absolute Gasteiger partial charge is 0.392 e. The summed E-state index contributed by atoms with van der Waals surface area (Å²) in [5.74, 6) is 1.61. The molecule has 2 N–H and O–H groups in total. The lowest BCUT2D eigenvalue weighted by Gasteiger charge is -2.21. The van der Waals surface area contributed by atoms with Crippen molar-refractivity contribution in [2.45, 2.75) is 70.4 Å². The number of aliphatic hydroxyl groups excluding tert-OH is 1. The molecular weight excluding hydrogens is 198 g/mol. The molecule has 2 fully saturated rings. The predicted molar refractivity (Wildman–Crippen MR) is 67.4 cm³/mol. The molecule has 2 heteroatoms. The summed E-state index contributed by atoms with van der Waals surface area (Å²) in [6.07, 6.45) is 10.4. The molecule has 0 saturated heterocycles. The van der Waals surface area contributed by atoms with Crippen molar-refractivity contribution in [2.75, 3.05) is 6.54 Å². The highest BCUT2D eigenvalue weighted by atomic mass is 16.3. The maximum atomic E-state index is 9.99. The van der Waals surface area contributed by atoms with Gasteiger partial charge < -0.3 is 10.4 Å². The normalized spacial score (nSPS) is 33.4. The molecule has 2 aliphatic carbocycles. The SMILES string of the molecule is CC1CCCC1NCC(O)CC1CCCC1. The number of hydrogen-bond acceptors (Lipinski definition) is 2. The van der Waals surface area contributed by atoms with Gasteiger partial charge in [0.2, 0.25) is 0 Å². The number of rotatable bonds is 5. The van der Waals surface area contributed by atoms with Crippen molar-refractivity contribution in [3.63, 3.8) is 0 Å². The minimum absolute atomic E-state index is 0.115. The highest BCUT2D eigenvalue weighted by Crippen LogP contribution is 2.29. The van der Waals surface area contributed by atoms with Gasteiger partial charge in [-0.1, -0.05) is 39.0 Å². The van der Waals surface area contributed by atoms with E-state index < -0.39 is 0 Å². The molecule has 0 radical (unpaired) electrons. The summed E-state index contributed by atoms with van der Waals surface area (Å²) in [6.45, 7) is 3.14. The molecule has 0 aliphatic heterocycles. The van der Waals surface area contributed by atoms with Crippen LogP contribution in [0.5, 0.6) is 0 Å². The molecule has 0 bridgehead atoms. The Kier molecular flexibility index (Phi) is 4.66. The van der Waals surface area contributed by atoms with Crippen molar-refractivity contribution in [2.24, 2.45) is 11.8 Å². The summed E-state index contributed by atoms with van der Waals surface area (Å²) in [7, 11) is 0. The quantitative estimate of drug-likeness (QED) is 0.754. The molecule has 2 nitrogen and oxygen atoms in total. The van der Waals surface area contributed by atoms with Gasteiger partial charge in [-0.2, -0.15) is 0 Å². The Morgan fingerprint density at radius 3 is 2.50 bits per heavy atom. The topological polar surface area (TPSA) is 32.3 Å². The molecule has 16 heavy (non-hydrogen) atoms. The van der Waals surface area contributed by atoms with Gasteiger partial charge in [-0.15, -0.1) is 0 Å². The van der Waals surface area contributed by atoms with E-state index in [9.17, 15) is 5.11 Å². The lowest BCUT2D eigenvalue weighted by molar-refractivity contribution is 0.135. The molecule has 94 valence electrons. The number of nitrogens with one attached hydrogen (secondary N) is 1. The van der Waals surface area contributed by atoms with E-state index in [0.29, 0.717) is 6.04 Å². The summed E-state index contributed by atoms with van der Waals surface area (Å²) in [6, 6.07) is 0.665. The summed E-state index contributed by atoms with van der Waals surface area (Å²) >= 11 is 0. The third kappa shape index (κ3) is 3.46. The molecule has 3 atom stereocenters. The summed E-state index contributed by atoms with van der Waals surface area (Å²) in [4.78, 5) is 0. The lowest BCUT2D eigenvalue weighted by atomic mass is 9.99. The first-order valence-corrected chi connectivity index (χ1v) is 7.17. The van der Waals surface area contributed by atoms with E-state index in [0.717, 1.165) is 24.8 Å². The van der Waals surface area contributed by atoms with Crippen molar-refractivity contribution in [3.05, 3.63) is 0 Å². The first kappa shape index (κ1) is 12.4. The highest BCUT2D eigenvalue weighted by Gasteiger charge is 2.24. The van der Waals surface area contributed by atoms with Crippen LogP contribution in [-0.4, -0.2) is 23.8 Å². The minimum Gasteiger partial charge on any atom is -0.392 e. The third-order valence-corrected chi connectivity index (χ3v) is 4.56. The van der Waals surface area contributed by atoms with E-state index >= 15 is 0 Å². The van der Waals surface area contributed by atoms with Crippen LogP contribution < -0.4 is 5.32 Å². The van der Waals surface area contributed by atoms with Crippen molar-refractivity contribution >= 4 is 0 Å². The van der Waals surface area contributed by atoms with Crippen molar-refractivity contribution in [1.82, 2.24) is 5.32 Å². The molecule has 2 saturated carbocycles. The maximum Gasteiger partial charge on any atom is 0.0667 e. The fourth-order valence-electron chi connectivity index (χ4n) is 3.45. The monoisotopic (exact) mass is 225 g/mol. The standard InChI is InChI=1S/C14H27NO/c1-11-5-4-8-14(11)15-10-13(16)9-12-6-2-3-7-12/h11-16H,2-10H2,1H3. The van der Waals surface area contributed by atoms with Crippen LogP contribution in [-0.2, 0) is 0 Å². The Morgan fingerprint density at radius 1 is 1.12 bits per heavy atom. The molecule has 2 aliphatic rings. The van der Waals surface area contributed by atoms with Crippen LogP contribution in [0.15, 0.2) is 0 Å². The van der Waals surface area contributed by atoms with Gasteiger partial charge in [0.25, 0.3) is 0 Å². The van der Waals surface area contributed by atoms with Gasteiger partial charge in [-0.25, -0.2) is 0 Å². The van der Waals surface area contributed by atoms with Gasteiger partial charge in [0.1, 0.15) is 0 Å². The first-order valence-electron chi connectivity index (χ1n) is 7.17. The summed E-state index contributed by atoms with van der Waals surface area (Å²) < 4.78 is 0. The molecule has 3 unspecified atom stereocenters. The van der Waals surface area contributed by atoms with Crippen LogP contribution in [0, 0.1) is 11.8 Å². The van der Waals surface area contributed by atoms with Crippen molar-refractivity contribution in [3.8, 4) is 0 Å². The Bertz CT molecular complexity index is 201. The average Bonchev–Trinajstić information content (AvgIpc) is 2.87. The molecule has 0 aromatic heterocycles. The zero-order valence-electron chi connectivity index (χ0n) is 10.6. The molecule has 0 aromatic rings. The lowest BCUT2D eigenvalue weighted by Crippen LogP contribution is -2.37. The van der Waals surface area contributed by atoms with Crippen LogP contribution in [0.2, 0.25) is 0 Å². The van der Waals surface area contributed by atoms with Crippen molar-refractivity contribution < 1.29 is 5.11 Å². The van der Waals surface area contributed by atoms with E-state index in [1.807, 2.05) is 0 Å². The second-order valence-electron chi connectivity index (χ2n) is 5.96. The van der Waals surface area contributed by atoms with E-state index in [2.05, 4.69) is 12.2 Å². The zero-order chi connectivity index (χ0) is 11.4.